The number of carbonyl (C=O) groups excluding carboxylic acids is 1. The van der Waals surface area contributed by atoms with Gasteiger partial charge in [0.05, 0.1) is 49.3 Å². The summed E-state index contributed by atoms with van der Waals surface area (Å²) in [7, 11) is 0. The average molecular weight is 738 g/mol. The van der Waals surface area contributed by atoms with Crippen molar-refractivity contribution in [3.8, 4) is 0 Å². The van der Waals surface area contributed by atoms with Gasteiger partial charge in [0.1, 0.15) is 0 Å². The zero-order valence-electron chi connectivity index (χ0n) is 28.5. The molecule has 8 bridgehead atoms. The summed E-state index contributed by atoms with van der Waals surface area (Å²) in [6.45, 7) is 0. The van der Waals surface area contributed by atoms with Crippen molar-refractivity contribution in [1.82, 2.24) is 42.5 Å². The number of alkyl halides is 3. The molecule has 0 aromatic heterocycles. The van der Waals surface area contributed by atoms with Crippen LogP contribution in [-0.4, -0.2) is 80.4 Å². The van der Waals surface area contributed by atoms with Gasteiger partial charge in [0.2, 0.25) is 0 Å². The van der Waals surface area contributed by atoms with E-state index in [1.165, 1.54) is 103 Å². The Bertz CT molecular complexity index is 932. The summed E-state index contributed by atoms with van der Waals surface area (Å²) < 4.78 is 36.6. The van der Waals surface area contributed by atoms with Crippen molar-refractivity contribution in [1.29, 1.82) is 0 Å². The molecule has 4 aliphatic carbocycles. The summed E-state index contributed by atoms with van der Waals surface area (Å²) in [5.74, 6) is 3.88. The van der Waals surface area contributed by atoms with Crippen LogP contribution in [-0.2, 0) is 8.32 Å². The van der Waals surface area contributed by atoms with Crippen molar-refractivity contribution in [2.24, 2.45) is 47.3 Å². The molecule has 5 saturated heterocycles. The standard InChI is InChI=1S/C32H56N8.C2HF3O2.Ga.2H/c1-2-10-18-17(9-1)25-33-26(18)38-28-21-13-5-6-14-22(21)30(35-28)40-32-24-16-8-7-15-23(24)31(36-32)39-29-20-12-4-3-11-19(20)27(34-29)37-25;3-2(4,5)1(6)7;;;/h17-40H,1-16H2;(H,6,7);;;/q;;+1;;/p-1. The summed E-state index contributed by atoms with van der Waals surface area (Å²) >= 11 is -0.528. The summed E-state index contributed by atoms with van der Waals surface area (Å²) in [4.78, 5) is 9.53. The van der Waals surface area contributed by atoms with Gasteiger partial charge in [-0.25, -0.2) is 0 Å². The molecule has 5 aliphatic heterocycles. The summed E-state index contributed by atoms with van der Waals surface area (Å²) in [6.07, 6.45) is 20.8. The van der Waals surface area contributed by atoms with Crippen molar-refractivity contribution in [3.63, 3.8) is 0 Å². The molecule has 48 heavy (non-hydrogen) atoms. The molecule has 0 aromatic carbocycles. The third-order valence-corrected chi connectivity index (χ3v) is 15.0. The van der Waals surface area contributed by atoms with Gasteiger partial charge in [0.15, 0.2) is 0 Å². The molecule has 8 atom stereocenters. The van der Waals surface area contributed by atoms with E-state index < -0.39 is 31.1 Å². The molecule has 0 radical (unpaired) electrons. The van der Waals surface area contributed by atoms with E-state index in [1.807, 2.05) is 0 Å². The molecule has 8 N–H and O–H groups in total. The number of hydrogen-bond acceptors (Lipinski definition) is 10. The van der Waals surface area contributed by atoms with Crippen LogP contribution in [0.25, 0.3) is 0 Å². The molecule has 10 nitrogen and oxygen atoms in total. The first-order chi connectivity index (χ1) is 23.3. The molecule has 0 spiro atoms. The van der Waals surface area contributed by atoms with Crippen LogP contribution in [0.4, 0.5) is 13.2 Å². The first kappa shape index (κ1) is 34.7. The fraction of sp³-hybridized carbons (Fsp3) is 0.971. The maximum absolute atomic E-state index is 11.0. The van der Waals surface area contributed by atoms with Gasteiger partial charge >= 0.3 is 52.6 Å². The number of carbonyl (C=O) groups is 1. The Hall–Kier alpha value is -0.424. The van der Waals surface area contributed by atoms with E-state index in [0.29, 0.717) is 49.3 Å². The van der Waals surface area contributed by atoms with Crippen LogP contribution in [0.15, 0.2) is 0 Å². The zero-order chi connectivity index (χ0) is 33.0. The molecule has 8 unspecified atom stereocenters. The van der Waals surface area contributed by atoms with E-state index >= 15 is 0 Å². The molecule has 9 rings (SSSR count). The number of hydrogen-bond donors (Lipinski definition) is 8. The number of rotatable bonds is 0. The molecule has 5 heterocycles. The van der Waals surface area contributed by atoms with Crippen molar-refractivity contribution < 1.29 is 21.5 Å². The second-order valence-electron chi connectivity index (χ2n) is 16.6. The fourth-order valence-corrected chi connectivity index (χ4v) is 12.6. The Morgan fingerprint density at radius 3 is 0.688 bits per heavy atom. The van der Waals surface area contributed by atoms with E-state index in [2.05, 4.69) is 46.1 Å². The fourth-order valence-electron chi connectivity index (χ4n) is 12.1. The number of nitrogens with one attached hydrogen (secondary N) is 8. The van der Waals surface area contributed by atoms with E-state index in [-0.39, 0.29) is 0 Å². The van der Waals surface area contributed by atoms with Crippen molar-refractivity contribution in [3.05, 3.63) is 0 Å². The Labute approximate surface area is 293 Å². The van der Waals surface area contributed by atoms with Crippen LogP contribution in [0, 0.1) is 47.3 Å². The predicted molar refractivity (Wildman–Crippen MR) is 178 cm³/mol. The normalized spacial score (nSPS) is 49.8. The zero-order valence-corrected chi connectivity index (χ0v) is 32.7. The Morgan fingerprint density at radius 2 is 0.583 bits per heavy atom. The molecule has 9 aliphatic rings. The average Bonchev–Trinajstić information content (AvgIpc) is 3.83. The predicted octanol–water partition coefficient (Wildman–Crippen LogP) is 2.25. The minimum atomic E-state index is -4.81. The summed E-state index contributed by atoms with van der Waals surface area (Å²) in [6, 6.07) is 0. The minimum absolute atomic E-state index is 0.420. The van der Waals surface area contributed by atoms with Crippen LogP contribution in [0.1, 0.15) is 103 Å². The van der Waals surface area contributed by atoms with Gasteiger partial charge in [-0.3, -0.25) is 42.5 Å². The van der Waals surface area contributed by atoms with Gasteiger partial charge in [-0.15, -0.1) is 0 Å². The number of fused-ring (bicyclic) bond motifs is 20. The van der Waals surface area contributed by atoms with Gasteiger partial charge in [-0.05, 0) is 98.7 Å². The van der Waals surface area contributed by atoms with Crippen molar-refractivity contribution in [2.45, 2.75) is 158 Å². The summed E-state index contributed by atoms with van der Waals surface area (Å²) in [5, 5.41) is 33.8. The Kier molecular flexibility index (Phi) is 10.5. The van der Waals surface area contributed by atoms with Crippen LogP contribution >= 0.6 is 0 Å². The number of halogens is 3. The van der Waals surface area contributed by atoms with Gasteiger partial charge in [-0.2, -0.15) is 0 Å². The molecule has 0 aromatic rings. The summed E-state index contributed by atoms with van der Waals surface area (Å²) in [5.41, 5.74) is 0. The van der Waals surface area contributed by atoms with E-state index in [4.69, 9.17) is 0 Å². The maximum atomic E-state index is 11.0. The van der Waals surface area contributed by atoms with E-state index in [1.54, 1.807) is 0 Å². The third-order valence-electron chi connectivity index (χ3n) is 14.2. The molecule has 14 heteroatoms. The van der Waals surface area contributed by atoms with Crippen LogP contribution < -0.4 is 42.5 Å². The Balaban J connectivity index is 0.000000377. The second-order valence-corrected chi connectivity index (χ2v) is 17.4. The van der Waals surface area contributed by atoms with E-state index in [0.717, 1.165) is 47.3 Å². The van der Waals surface area contributed by atoms with Gasteiger partial charge < -0.3 is 0 Å². The first-order valence-corrected chi connectivity index (χ1v) is 21.2. The van der Waals surface area contributed by atoms with Gasteiger partial charge in [0.25, 0.3) is 0 Å². The Morgan fingerprint density at radius 1 is 0.417 bits per heavy atom. The van der Waals surface area contributed by atoms with Crippen LogP contribution in [0.2, 0.25) is 0 Å². The van der Waals surface area contributed by atoms with Gasteiger partial charge in [-0.1, -0.05) is 51.4 Å². The first-order valence-electron chi connectivity index (χ1n) is 19.5. The molecular weight excluding hydrogens is 679 g/mol. The topological polar surface area (TPSA) is 123 Å². The van der Waals surface area contributed by atoms with Crippen LogP contribution in [0.3, 0.4) is 0 Å². The SMILES string of the molecule is C1CCC2C3NC(NC4NC(NC5NC(NC6NC(N3)C3CCCCC63)C3CCCCC53)C3CCCCC43)C2C1.O=C([O][GaH2])C(F)(F)F. The van der Waals surface area contributed by atoms with Crippen molar-refractivity contribution in [2.75, 3.05) is 0 Å². The molecule has 0 amide bonds. The molecule has 4 saturated carbocycles. The quantitative estimate of drug-likeness (QED) is 0.176. The van der Waals surface area contributed by atoms with Crippen LogP contribution in [0.5, 0.6) is 0 Å². The van der Waals surface area contributed by atoms with Crippen molar-refractivity contribution >= 4 is 24.9 Å². The molecular formula is C34H58F3GaN8O2. The molecule has 9 fully saturated rings. The second kappa shape index (κ2) is 14.5. The third kappa shape index (κ3) is 6.78. The van der Waals surface area contributed by atoms with Gasteiger partial charge in [0, 0.05) is 0 Å². The molecule has 270 valence electrons. The van der Waals surface area contributed by atoms with E-state index in [9.17, 15) is 18.0 Å². The monoisotopic (exact) mass is 736 g/mol.